The Morgan fingerprint density at radius 3 is 2.61 bits per heavy atom. The van der Waals surface area contributed by atoms with Gasteiger partial charge in [-0.2, -0.15) is 0 Å². The van der Waals surface area contributed by atoms with E-state index in [0.717, 1.165) is 6.42 Å². The summed E-state index contributed by atoms with van der Waals surface area (Å²) in [6, 6.07) is 5.06. The van der Waals surface area contributed by atoms with Crippen LogP contribution >= 0.6 is 0 Å². The molecule has 1 unspecified atom stereocenters. The third kappa shape index (κ3) is 2.73. The lowest BCUT2D eigenvalue weighted by Gasteiger charge is -2.20. The standard InChI is InChI=1S/C13H15FN2O2/c14-10-5-3-9(4-6-10)12(17)8-16-7-1-2-11(16)13(15)18/h3-6,11H,1-2,7-8H2,(H2,15,18). The third-order valence-corrected chi connectivity index (χ3v) is 3.20. The SMILES string of the molecule is NC(=O)C1CCCN1CC(=O)c1ccc(F)cc1. The molecule has 18 heavy (non-hydrogen) atoms. The van der Waals surface area contributed by atoms with Crippen LogP contribution < -0.4 is 5.73 Å². The van der Waals surface area contributed by atoms with Crippen molar-refractivity contribution in [2.24, 2.45) is 5.73 Å². The summed E-state index contributed by atoms with van der Waals surface area (Å²) in [5, 5.41) is 0. The average Bonchev–Trinajstić information content (AvgIpc) is 2.78. The first-order chi connectivity index (χ1) is 8.58. The van der Waals surface area contributed by atoms with Crippen LogP contribution in [-0.4, -0.2) is 35.7 Å². The number of rotatable bonds is 4. The first kappa shape index (κ1) is 12.7. The maximum atomic E-state index is 12.7. The van der Waals surface area contributed by atoms with Crippen molar-refractivity contribution < 1.29 is 14.0 Å². The lowest BCUT2D eigenvalue weighted by molar-refractivity contribution is -0.122. The van der Waals surface area contributed by atoms with Crippen LogP contribution in [0.2, 0.25) is 0 Å². The Morgan fingerprint density at radius 1 is 1.33 bits per heavy atom. The molecular weight excluding hydrogens is 235 g/mol. The van der Waals surface area contributed by atoms with Gasteiger partial charge in [-0.3, -0.25) is 14.5 Å². The van der Waals surface area contributed by atoms with E-state index in [0.29, 0.717) is 18.5 Å². The summed E-state index contributed by atoms with van der Waals surface area (Å²) in [5.74, 6) is -0.884. The summed E-state index contributed by atoms with van der Waals surface area (Å²) < 4.78 is 12.7. The Bertz CT molecular complexity index is 459. The van der Waals surface area contributed by atoms with Crippen LogP contribution in [0.3, 0.4) is 0 Å². The number of hydrogen-bond acceptors (Lipinski definition) is 3. The van der Waals surface area contributed by atoms with Gasteiger partial charge in [0.25, 0.3) is 0 Å². The summed E-state index contributed by atoms with van der Waals surface area (Å²) in [5.41, 5.74) is 5.73. The molecule has 1 aromatic rings. The molecule has 0 aliphatic carbocycles. The van der Waals surface area contributed by atoms with Crippen molar-refractivity contribution in [3.8, 4) is 0 Å². The zero-order chi connectivity index (χ0) is 13.1. The lowest BCUT2D eigenvalue weighted by Crippen LogP contribution is -2.42. The van der Waals surface area contributed by atoms with Crippen LogP contribution in [0.4, 0.5) is 4.39 Å². The van der Waals surface area contributed by atoms with E-state index < -0.39 is 0 Å². The molecule has 0 aromatic heterocycles. The summed E-state index contributed by atoms with van der Waals surface area (Å²) in [4.78, 5) is 24.9. The predicted octanol–water partition coefficient (Wildman–Crippen LogP) is 0.958. The molecule has 1 atom stereocenters. The van der Waals surface area contributed by atoms with Crippen molar-refractivity contribution in [1.82, 2.24) is 4.90 Å². The predicted molar refractivity (Wildman–Crippen MR) is 64.5 cm³/mol. The van der Waals surface area contributed by atoms with Crippen molar-refractivity contribution in [2.45, 2.75) is 18.9 Å². The highest BCUT2D eigenvalue weighted by Crippen LogP contribution is 2.17. The van der Waals surface area contributed by atoms with E-state index in [1.54, 1.807) is 4.90 Å². The fourth-order valence-electron chi connectivity index (χ4n) is 2.25. The van der Waals surface area contributed by atoms with Crippen LogP contribution in [0.1, 0.15) is 23.2 Å². The second-order valence-electron chi connectivity index (χ2n) is 4.46. The van der Waals surface area contributed by atoms with Gasteiger partial charge in [-0.05, 0) is 43.7 Å². The highest BCUT2D eigenvalue weighted by molar-refractivity contribution is 5.98. The van der Waals surface area contributed by atoms with Gasteiger partial charge in [0, 0.05) is 5.56 Å². The molecule has 1 saturated heterocycles. The minimum atomic E-state index is -0.389. The van der Waals surface area contributed by atoms with E-state index in [-0.39, 0.29) is 30.1 Å². The van der Waals surface area contributed by atoms with E-state index in [9.17, 15) is 14.0 Å². The van der Waals surface area contributed by atoms with Crippen LogP contribution in [0.25, 0.3) is 0 Å². The molecular formula is C13H15FN2O2. The number of benzene rings is 1. The number of nitrogens with two attached hydrogens (primary N) is 1. The molecule has 2 rings (SSSR count). The van der Waals surface area contributed by atoms with E-state index in [1.165, 1.54) is 24.3 Å². The molecule has 0 spiro atoms. The maximum Gasteiger partial charge on any atom is 0.234 e. The van der Waals surface area contributed by atoms with E-state index in [1.807, 2.05) is 0 Å². The Labute approximate surface area is 105 Å². The average molecular weight is 250 g/mol. The smallest absolute Gasteiger partial charge is 0.234 e. The normalized spacial score (nSPS) is 19.9. The number of carbonyl (C=O) groups excluding carboxylic acids is 2. The molecule has 1 heterocycles. The van der Waals surface area contributed by atoms with Gasteiger partial charge >= 0.3 is 0 Å². The Morgan fingerprint density at radius 2 is 2.00 bits per heavy atom. The van der Waals surface area contributed by atoms with Crippen LogP contribution in [-0.2, 0) is 4.79 Å². The molecule has 4 nitrogen and oxygen atoms in total. The van der Waals surface area contributed by atoms with Gasteiger partial charge in [-0.1, -0.05) is 0 Å². The van der Waals surface area contributed by atoms with Gasteiger partial charge in [0.2, 0.25) is 5.91 Å². The topological polar surface area (TPSA) is 63.4 Å². The molecule has 1 amide bonds. The fourth-order valence-corrected chi connectivity index (χ4v) is 2.25. The van der Waals surface area contributed by atoms with Gasteiger partial charge in [0.1, 0.15) is 5.82 Å². The zero-order valence-electron chi connectivity index (χ0n) is 9.93. The second-order valence-corrected chi connectivity index (χ2v) is 4.46. The van der Waals surface area contributed by atoms with Gasteiger partial charge in [-0.25, -0.2) is 4.39 Å². The van der Waals surface area contributed by atoms with Crippen LogP contribution in [0.5, 0.6) is 0 Å². The molecule has 0 saturated carbocycles. The molecule has 1 fully saturated rings. The number of Topliss-reactive ketones (excluding diaryl/α,β-unsaturated/α-hetero) is 1. The number of carbonyl (C=O) groups is 2. The summed E-state index contributed by atoms with van der Waals surface area (Å²) >= 11 is 0. The molecule has 5 heteroatoms. The van der Waals surface area contributed by atoms with Crippen molar-refractivity contribution in [3.63, 3.8) is 0 Å². The van der Waals surface area contributed by atoms with E-state index in [2.05, 4.69) is 0 Å². The third-order valence-electron chi connectivity index (χ3n) is 3.20. The Balaban J connectivity index is 2.03. The molecule has 0 radical (unpaired) electrons. The van der Waals surface area contributed by atoms with E-state index in [4.69, 9.17) is 5.73 Å². The summed E-state index contributed by atoms with van der Waals surface area (Å²) in [7, 11) is 0. The van der Waals surface area contributed by atoms with Gasteiger partial charge in [-0.15, -0.1) is 0 Å². The van der Waals surface area contributed by atoms with Gasteiger partial charge in [0.15, 0.2) is 5.78 Å². The molecule has 1 aliphatic rings. The first-order valence-corrected chi connectivity index (χ1v) is 5.90. The Hall–Kier alpha value is -1.75. The molecule has 96 valence electrons. The minimum Gasteiger partial charge on any atom is -0.368 e. The number of halogens is 1. The summed E-state index contributed by atoms with van der Waals surface area (Å²) in [6.45, 7) is 0.847. The maximum absolute atomic E-state index is 12.7. The number of likely N-dealkylation sites (tertiary alicyclic amines) is 1. The first-order valence-electron chi connectivity index (χ1n) is 5.90. The minimum absolute atomic E-state index is 0.122. The number of nitrogens with zero attached hydrogens (tertiary/aromatic N) is 1. The van der Waals surface area contributed by atoms with Gasteiger partial charge < -0.3 is 5.73 Å². The second kappa shape index (κ2) is 5.27. The largest absolute Gasteiger partial charge is 0.368 e. The molecule has 2 N–H and O–H groups in total. The fraction of sp³-hybridized carbons (Fsp3) is 0.385. The molecule has 1 aliphatic heterocycles. The van der Waals surface area contributed by atoms with Crippen LogP contribution in [0.15, 0.2) is 24.3 Å². The van der Waals surface area contributed by atoms with E-state index >= 15 is 0 Å². The highest BCUT2D eigenvalue weighted by atomic mass is 19.1. The number of primary amides is 1. The number of hydrogen-bond donors (Lipinski definition) is 1. The van der Waals surface area contributed by atoms with Crippen LogP contribution in [0, 0.1) is 5.82 Å². The zero-order valence-corrected chi connectivity index (χ0v) is 9.93. The molecule has 0 bridgehead atoms. The lowest BCUT2D eigenvalue weighted by atomic mass is 10.1. The number of amides is 1. The van der Waals surface area contributed by atoms with Crippen molar-refractivity contribution >= 4 is 11.7 Å². The van der Waals surface area contributed by atoms with Crippen molar-refractivity contribution in [1.29, 1.82) is 0 Å². The highest BCUT2D eigenvalue weighted by Gasteiger charge is 2.30. The van der Waals surface area contributed by atoms with Crippen molar-refractivity contribution in [3.05, 3.63) is 35.6 Å². The molecule has 1 aromatic carbocycles. The quantitative estimate of drug-likeness (QED) is 0.809. The van der Waals surface area contributed by atoms with Gasteiger partial charge in [0.05, 0.1) is 12.6 Å². The number of ketones is 1. The summed E-state index contributed by atoms with van der Waals surface area (Å²) in [6.07, 6.45) is 1.57. The monoisotopic (exact) mass is 250 g/mol. The Kier molecular flexibility index (Phi) is 3.72. The van der Waals surface area contributed by atoms with Crippen molar-refractivity contribution in [2.75, 3.05) is 13.1 Å².